The van der Waals surface area contributed by atoms with E-state index >= 15 is 0 Å². The zero-order valence-corrected chi connectivity index (χ0v) is 11.2. The van der Waals surface area contributed by atoms with E-state index in [0.717, 1.165) is 24.1 Å². The lowest BCUT2D eigenvalue weighted by molar-refractivity contribution is 0.284. The number of nitrogens with one attached hydrogen (secondary N) is 1. The molecule has 4 nitrogen and oxygen atoms in total. The monoisotopic (exact) mass is 237 g/mol. The van der Waals surface area contributed by atoms with Crippen molar-refractivity contribution in [3.63, 3.8) is 0 Å². The third-order valence-electron chi connectivity index (χ3n) is 3.65. The summed E-state index contributed by atoms with van der Waals surface area (Å²) in [4.78, 5) is 4.56. The smallest absolute Gasteiger partial charge is 0.231 e. The molecule has 1 fully saturated rings. The zero-order chi connectivity index (χ0) is 12.4. The van der Waals surface area contributed by atoms with Crippen LogP contribution in [0.2, 0.25) is 0 Å². The average Bonchev–Trinajstić information content (AvgIpc) is 2.97. The molecule has 0 aromatic carbocycles. The molecule has 96 valence electrons. The fourth-order valence-electron chi connectivity index (χ4n) is 2.32. The van der Waals surface area contributed by atoms with Crippen molar-refractivity contribution in [3.05, 3.63) is 11.7 Å². The van der Waals surface area contributed by atoms with Gasteiger partial charge < -0.3 is 9.84 Å². The summed E-state index contributed by atoms with van der Waals surface area (Å²) in [5, 5.41) is 7.38. The fraction of sp³-hybridized carbons (Fsp3) is 0.846. The highest BCUT2D eigenvalue weighted by molar-refractivity contribution is 5.01. The lowest BCUT2D eigenvalue weighted by atomic mass is 9.89. The Labute approximate surface area is 103 Å². The van der Waals surface area contributed by atoms with Crippen molar-refractivity contribution < 1.29 is 4.52 Å². The minimum atomic E-state index is 0.292. The molecule has 0 spiro atoms. The third kappa shape index (κ3) is 3.06. The Balaban J connectivity index is 2.08. The van der Waals surface area contributed by atoms with Crippen LogP contribution in [-0.2, 0) is 6.42 Å². The van der Waals surface area contributed by atoms with E-state index in [-0.39, 0.29) is 0 Å². The van der Waals surface area contributed by atoms with Gasteiger partial charge in [-0.1, -0.05) is 19.0 Å². The molecule has 2 rings (SSSR count). The Morgan fingerprint density at radius 2 is 2.06 bits per heavy atom. The van der Waals surface area contributed by atoms with Crippen LogP contribution in [-0.4, -0.2) is 23.2 Å². The van der Waals surface area contributed by atoms with Gasteiger partial charge in [0.2, 0.25) is 5.89 Å². The van der Waals surface area contributed by atoms with Crippen molar-refractivity contribution in [2.75, 3.05) is 7.05 Å². The van der Waals surface area contributed by atoms with E-state index in [9.17, 15) is 0 Å². The summed E-state index contributed by atoms with van der Waals surface area (Å²) in [7, 11) is 1.97. The van der Waals surface area contributed by atoms with Crippen LogP contribution in [0.15, 0.2) is 4.52 Å². The molecule has 1 aromatic rings. The summed E-state index contributed by atoms with van der Waals surface area (Å²) in [6.07, 6.45) is 3.64. The number of aromatic nitrogens is 2. The predicted octanol–water partition coefficient (Wildman–Crippen LogP) is 2.37. The SMILES string of the molecule is CNC(C)C(c1nc(CC2CC2)no1)C(C)C. The molecule has 1 aliphatic carbocycles. The number of rotatable bonds is 6. The van der Waals surface area contributed by atoms with Gasteiger partial charge in [-0.05, 0) is 38.6 Å². The molecule has 1 saturated carbocycles. The van der Waals surface area contributed by atoms with Gasteiger partial charge in [-0.3, -0.25) is 0 Å². The van der Waals surface area contributed by atoms with Gasteiger partial charge in [0.15, 0.2) is 5.82 Å². The van der Waals surface area contributed by atoms with E-state index < -0.39 is 0 Å². The highest BCUT2D eigenvalue weighted by atomic mass is 16.5. The van der Waals surface area contributed by atoms with E-state index in [1.165, 1.54) is 12.8 Å². The molecule has 0 bridgehead atoms. The molecule has 2 unspecified atom stereocenters. The minimum Gasteiger partial charge on any atom is -0.339 e. The topological polar surface area (TPSA) is 51.0 Å². The van der Waals surface area contributed by atoms with Crippen LogP contribution >= 0.6 is 0 Å². The number of nitrogens with zero attached hydrogens (tertiary/aromatic N) is 2. The van der Waals surface area contributed by atoms with Crippen LogP contribution in [0.3, 0.4) is 0 Å². The predicted molar refractivity (Wildman–Crippen MR) is 66.8 cm³/mol. The van der Waals surface area contributed by atoms with Crippen LogP contribution < -0.4 is 5.32 Å². The average molecular weight is 237 g/mol. The van der Waals surface area contributed by atoms with Crippen molar-refractivity contribution in [1.29, 1.82) is 0 Å². The van der Waals surface area contributed by atoms with Crippen LogP contribution in [0, 0.1) is 11.8 Å². The van der Waals surface area contributed by atoms with E-state index in [0.29, 0.717) is 17.9 Å². The molecule has 2 atom stereocenters. The molecule has 1 aliphatic rings. The molecule has 0 aliphatic heterocycles. The second-order valence-electron chi connectivity index (χ2n) is 5.54. The Bertz CT molecular complexity index is 357. The minimum absolute atomic E-state index is 0.292. The first-order valence-corrected chi connectivity index (χ1v) is 6.61. The molecule has 1 aromatic heterocycles. The van der Waals surface area contributed by atoms with E-state index in [4.69, 9.17) is 4.52 Å². The van der Waals surface area contributed by atoms with Gasteiger partial charge in [-0.2, -0.15) is 4.98 Å². The maximum absolute atomic E-state index is 5.44. The normalized spacial score (nSPS) is 19.6. The summed E-state index contributed by atoms with van der Waals surface area (Å²) >= 11 is 0. The molecular weight excluding hydrogens is 214 g/mol. The van der Waals surface area contributed by atoms with Gasteiger partial charge in [0.25, 0.3) is 0 Å². The largest absolute Gasteiger partial charge is 0.339 e. The maximum Gasteiger partial charge on any atom is 0.231 e. The second-order valence-corrected chi connectivity index (χ2v) is 5.54. The quantitative estimate of drug-likeness (QED) is 0.825. The molecule has 0 radical (unpaired) electrons. The van der Waals surface area contributed by atoms with Gasteiger partial charge >= 0.3 is 0 Å². The zero-order valence-electron chi connectivity index (χ0n) is 11.2. The maximum atomic E-state index is 5.44. The molecule has 4 heteroatoms. The molecule has 1 N–H and O–H groups in total. The number of hydrogen-bond donors (Lipinski definition) is 1. The van der Waals surface area contributed by atoms with E-state index in [2.05, 4.69) is 36.2 Å². The second kappa shape index (κ2) is 5.17. The van der Waals surface area contributed by atoms with Crippen LogP contribution in [0.4, 0.5) is 0 Å². The van der Waals surface area contributed by atoms with Crippen molar-refractivity contribution in [1.82, 2.24) is 15.5 Å². The summed E-state index contributed by atoms with van der Waals surface area (Å²) in [5.41, 5.74) is 0. The van der Waals surface area contributed by atoms with Gasteiger partial charge in [0, 0.05) is 12.5 Å². The van der Waals surface area contributed by atoms with Gasteiger partial charge in [0.1, 0.15) is 0 Å². The summed E-state index contributed by atoms with van der Waals surface area (Å²) < 4.78 is 5.44. The Hall–Kier alpha value is -0.900. The summed E-state index contributed by atoms with van der Waals surface area (Å²) in [5.74, 6) is 3.26. The van der Waals surface area contributed by atoms with Crippen molar-refractivity contribution in [2.24, 2.45) is 11.8 Å². The summed E-state index contributed by atoms with van der Waals surface area (Å²) in [6.45, 7) is 6.56. The molecular formula is C13H23N3O. The molecule has 1 heterocycles. The lowest BCUT2D eigenvalue weighted by Gasteiger charge is -2.23. The highest BCUT2D eigenvalue weighted by Gasteiger charge is 2.29. The third-order valence-corrected chi connectivity index (χ3v) is 3.65. The Kier molecular flexibility index (Phi) is 3.82. The van der Waals surface area contributed by atoms with E-state index in [1.54, 1.807) is 0 Å². The van der Waals surface area contributed by atoms with Crippen molar-refractivity contribution >= 4 is 0 Å². The number of hydrogen-bond acceptors (Lipinski definition) is 4. The number of likely N-dealkylation sites (N-methyl/N-ethyl adjacent to an activating group) is 1. The van der Waals surface area contributed by atoms with Crippen molar-refractivity contribution in [2.45, 2.75) is 52.0 Å². The standard InChI is InChI=1S/C13H23N3O/c1-8(2)12(9(3)14-4)13-15-11(16-17-13)7-10-5-6-10/h8-10,12,14H,5-7H2,1-4H3. The highest BCUT2D eigenvalue weighted by Crippen LogP contribution is 2.33. The first-order valence-electron chi connectivity index (χ1n) is 6.61. The Morgan fingerprint density at radius 3 is 2.59 bits per heavy atom. The summed E-state index contributed by atoms with van der Waals surface area (Å²) in [6, 6.07) is 0.351. The fourth-order valence-corrected chi connectivity index (χ4v) is 2.32. The van der Waals surface area contributed by atoms with Gasteiger partial charge in [-0.15, -0.1) is 0 Å². The molecule has 0 saturated heterocycles. The van der Waals surface area contributed by atoms with Gasteiger partial charge in [-0.25, -0.2) is 0 Å². The lowest BCUT2D eigenvalue weighted by Crippen LogP contribution is -2.32. The van der Waals surface area contributed by atoms with Crippen LogP contribution in [0.25, 0.3) is 0 Å². The molecule has 17 heavy (non-hydrogen) atoms. The van der Waals surface area contributed by atoms with Crippen LogP contribution in [0.5, 0.6) is 0 Å². The first kappa shape index (κ1) is 12.6. The van der Waals surface area contributed by atoms with Crippen LogP contribution in [0.1, 0.15) is 51.2 Å². The molecule has 0 amide bonds. The van der Waals surface area contributed by atoms with Gasteiger partial charge in [0.05, 0.1) is 5.92 Å². The Morgan fingerprint density at radius 1 is 1.35 bits per heavy atom. The van der Waals surface area contributed by atoms with E-state index in [1.807, 2.05) is 7.05 Å². The van der Waals surface area contributed by atoms with Crippen molar-refractivity contribution in [3.8, 4) is 0 Å². The first-order chi connectivity index (χ1) is 8.11.